The molecule has 114 valence electrons. The fourth-order valence-corrected chi connectivity index (χ4v) is 3.04. The number of nitrogens with one attached hydrogen (secondary N) is 1. The van der Waals surface area contributed by atoms with E-state index < -0.39 is 16.5 Å². The predicted octanol–water partition coefficient (Wildman–Crippen LogP) is 3.20. The molecule has 0 aliphatic heterocycles. The Morgan fingerprint density at radius 2 is 2.19 bits per heavy atom. The molecule has 1 amide bonds. The number of amides is 1. The Morgan fingerprint density at radius 1 is 1.48 bits per heavy atom. The van der Waals surface area contributed by atoms with Gasteiger partial charge < -0.3 is 5.32 Å². The van der Waals surface area contributed by atoms with E-state index in [1.54, 1.807) is 0 Å². The molecule has 1 aromatic heterocycles. The molecule has 3 atom stereocenters. The minimum atomic E-state index is -0.669. The Kier molecular flexibility index (Phi) is 4.77. The molecule has 1 N–H and O–H groups in total. The summed E-state index contributed by atoms with van der Waals surface area (Å²) in [6.07, 6.45) is 4.39. The van der Waals surface area contributed by atoms with E-state index in [2.05, 4.69) is 24.1 Å². The van der Waals surface area contributed by atoms with E-state index in [0.29, 0.717) is 11.8 Å². The zero-order chi connectivity index (χ0) is 15.6. The van der Waals surface area contributed by atoms with Crippen LogP contribution in [0.1, 0.15) is 43.5 Å². The first-order valence-electron chi connectivity index (χ1n) is 7.01. The van der Waals surface area contributed by atoms with Crippen LogP contribution in [0.4, 0.5) is 5.69 Å². The zero-order valence-corrected chi connectivity index (χ0v) is 12.8. The summed E-state index contributed by atoms with van der Waals surface area (Å²) >= 11 is 5.73. The molecule has 1 saturated carbocycles. The Hall–Kier alpha value is -1.69. The van der Waals surface area contributed by atoms with Gasteiger partial charge in [-0.25, -0.2) is 4.98 Å². The average molecular weight is 312 g/mol. The molecule has 3 unspecified atom stereocenters. The van der Waals surface area contributed by atoms with Crippen LogP contribution in [0.25, 0.3) is 0 Å². The predicted molar refractivity (Wildman–Crippen MR) is 79.3 cm³/mol. The highest BCUT2D eigenvalue weighted by atomic mass is 35.5. The molecule has 0 radical (unpaired) electrons. The van der Waals surface area contributed by atoms with E-state index in [-0.39, 0.29) is 16.8 Å². The van der Waals surface area contributed by atoms with E-state index in [9.17, 15) is 14.9 Å². The van der Waals surface area contributed by atoms with Crippen LogP contribution in [0.5, 0.6) is 0 Å². The smallest absolute Gasteiger partial charge is 0.319 e. The van der Waals surface area contributed by atoms with Gasteiger partial charge in [0.1, 0.15) is 5.56 Å². The van der Waals surface area contributed by atoms with Crippen LogP contribution in [0.3, 0.4) is 0 Å². The number of nitro groups is 1. The molecule has 1 heterocycles. The molecule has 6 nitrogen and oxygen atoms in total. The number of aromatic nitrogens is 1. The van der Waals surface area contributed by atoms with Crippen molar-refractivity contribution < 1.29 is 9.72 Å². The van der Waals surface area contributed by atoms with Crippen LogP contribution < -0.4 is 5.32 Å². The van der Waals surface area contributed by atoms with Gasteiger partial charge >= 0.3 is 5.69 Å². The summed E-state index contributed by atoms with van der Waals surface area (Å²) in [4.78, 5) is 26.4. The maximum Gasteiger partial charge on any atom is 0.319 e. The molecular formula is C14H18ClN3O3. The zero-order valence-electron chi connectivity index (χ0n) is 12.0. The monoisotopic (exact) mass is 311 g/mol. The summed E-state index contributed by atoms with van der Waals surface area (Å²) in [7, 11) is 0. The SMILES string of the molecule is CC1CCCC(NC(=O)c2ccnc(Cl)c2[N+](=O)[O-])C1C. The lowest BCUT2D eigenvalue weighted by atomic mass is 9.78. The third kappa shape index (κ3) is 3.32. The van der Waals surface area contributed by atoms with Crippen molar-refractivity contribution in [1.82, 2.24) is 10.3 Å². The fraction of sp³-hybridized carbons (Fsp3) is 0.571. The van der Waals surface area contributed by atoms with Gasteiger partial charge in [-0.1, -0.05) is 38.3 Å². The average Bonchev–Trinajstić information content (AvgIpc) is 2.43. The van der Waals surface area contributed by atoms with E-state index in [4.69, 9.17) is 11.6 Å². The van der Waals surface area contributed by atoms with E-state index >= 15 is 0 Å². The summed E-state index contributed by atoms with van der Waals surface area (Å²) in [5, 5.41) is 13.7. The molecule has 0 spiro atoms. The molecule has 1 aromatic rings. The Balaban J connectivity index is 2.21. The topological polar surface area (TPSA) is 85.1 Å². The molecule has 1 fully saturated rings. The fourth-order valence-electron chi connectivity index (χ4n) is 2.82. The molecule has 0 saturated heterocycles. The number of nitrogens with zero attached hydrogens (tertiary/aromatic N) is 2. The lowest BCUT2D eigenvalue weighted by Gasteiger charge is -2.34. The van der Waals surface area contributed by atoms with Crippen LogP contribution in [-0.4, -0.2) is 21.9 Å². The van der Waals surface area contributed by atoms with Crippen molar-refractivity contribution in [3.8, 4) is 0 Å². The van der Waals surface area contributed by atoms with Crippen LogP contribution >= 0.6 is 11.6 Å². The summed E-state index contributed by atoms with van der Waals surface area (Å²) < 4.78 is 0. The Bertz CT molecular complexity index is 564. The second-order valence-electron chi connectivity index (χ2n) is 5.60. The van der Waals surface area contributed by atoms with Crippen molar-refractivity contribution in [2.24, 2.45) is 11.8 Å². The van der Waals surface area contributed by atoms with E-state index in [1.165, 1.54) is 12.3 Å². The number of carbonyl (C=O) groups is 1. The summed E-state index contributed by atoms with van der Waals surface area (Å²) in [6, 6.07) is 1.36. The van der Waals surface area contributed by atoms with Crippen molar-refractivity contribution in [3.63, 3.8) is 0 Å². The van der Waals surface area contributed by atoms with Gasteiger partial charge in [-0.05, 0) is 24.3 Å². The third-order valence-corrected chi connectivity index (χ3v) is 4.61. The molecule has 0 bridgehead atoms. The Morgan fingerprint density at radius 3 is 2.86 bits per heavy atom. The third-order valence-electron chi connectivity index (χ3n) is 4.33. The molecular weight excluding hydrogens is 294 g/mol. The number of halogens is 1. The second-order valence-corrected chi connectivity index (χ2v) is 5.96. The van der Waals surface area contributed by atoms with Gasteiger partial charge in [-0.15, -0.1) is 0 Å². The first-order chi connectivity index (χ1) is 9.91. The van der Waals surface area contributed by atoms with Crippen LogP contribution in [0.2, 0.25) is 5.15 Å². The summed E-state index contributed by atoms with van der Waals surface area (Å²) in [5.74, 6) is 0.413. The number of pyridine rings is 1. The van der Waals surface area contributed by atoms with Gasteiger partial charge in [0.2, 0.25) is 5.15 Å². The lowest BCUT2D eigenvalue weighted by molar-refractivity contribution is -0.385. The van der Waals surface area contributed by atoms with E-state index in [1.807, 2.05) is 0 Å². The highest BCUT2D eigenvalue weighted by Gasteiger charge is 2.31. The lowest BCUT2D eigenvalue weighted by Crippen LogP contribution is -2.43. The first-order valence-corrected chi connectivity index (χ1v) is 7.39. The molecule has 1 aliphatic carbocycles. The minimum Gasteiger partial charge on any atom is -0.349 e. The quantitative estimate of drug-likeness (QED) is 0.527. The largest absolute Gasteiger partial charge is 0.349 e. The van der Waals surface area contributed by atoms with Gasteiger partial charge in [0.15, 0.2) is 0 Å². The molecule has 0 aromatic carbocycles. The maximum atomic E-state index is 12.3. The minimum absolute atomic E-state index is 0.0350. The first kappa shape index (κ1) is 15.7. The van der Waals surface area contributed by atoms with Gasteiger partial charge in [-0.2, -0.15) is 0 Å². The van der Waals surface area contributed by atoms with Gasteiger partial charge in [-0.3, -0.25) is 14.9 Å². The van der Waals surface area contributed by atoms with E-state index in [0.717, 1.165) is 19.3 Å². The van der Waals surface area contributed by atoms with Crippen molar-refractivity contribution >= 4 is 23.2 Å². The van der Waals surface area contributed by atoms with Crippen LogP contribution in [0.15, 0.2) is 12.3 Å². The standard InChI is InChI=1S/C14H18ClN3O3/c1-8-4-3-5-11(9(8)2)17-14(19)10-6-7-16-13(15)12(10)18(20)21/h6-9,11H,3-5H2,1-2H3,(H,17,19). The normalized spacial score (nSPS) is 25.4. The van der Waals surface area contributed by atoms with Crippen molar-refractivity contribution in [3.05, 3.63) is 33.1 Å². The Labute approximate surface area is 128 Å². The summed E-state index contributed by atoms with van der Waals surface area (Å²) in [5.41, 5.74) is -0.474. The van der Waals surface area contributed by atoms with Gasteiger partial charge in [0, 0.05) is 12.2 Å². The van der Waals surface area contributed by atoms with Gasteiger partial charge in [0.05, 0.1) is 4.92 Å². The molecule has 7 heteroatoms. The number of rotatable bonds is 3. The highest BCUT2D eigenvalue weighted by molar-refractivity contribution is 6.32. The second kappa shape index (κ2) is 6.39. The number of hydrogen-bond acceptors (Lipinski definition) is 4. The van der Waals surface area contributed by atoms with Crippen molar-refractivity contribution in [1.29, 1.82) is 0 Å². The summed E-state index contributed by atoms with van der Waals surface area (Å²) in [6.45, 7) is 4.26. The molecule has 2 rings (SSSR count). The molecule has 21 heavy (non-hydrogen) atoms. The van der Waals surface area contributed by atoms with Crippen LogP contribution in [-0.2, 0) is 0 Å². The maximum absolute atomic E-state index is 12.3. The van der Waals surface area contributed by atoms with Crippen LogP contribution in [0, 0.1) is 22.0 Å². The van der Waals surface area contributed by atoms with Gasteiger partial charge in [0.25, 0.3) is 5.91 Å². The number of hydrogen-bond donors (Lipinski definition) is 1. The number of carbonyl (C=O) groups excluding carboxylic acids is 1. The van der Waals surface area contributed by atoms with Crippen molar-refractivity contribution in [2.75, 3.05) is 0 Å². The highest BCUT2D eigenvalue weighted by Crippen LogP contribution is 2.31. The van der Waals surface area contributed by atoms with Crippen molar-refractivity contribution in [2.45, 2.75) is 39.2 Å². The molecule has 1 aliphatic rings.